The Morgan fingerprint density at radius 3 is 2.58 bits per heavy atom. The second kappa shape index (κ2) is 3.49. The number of aliphatic hydroxyl groups is 1. The van der Waals surface area contributed by atoms with Crippen LogP contribution in [-0.4, -0.2) is 12.2 Å². The smallest absolute Gasteiger partial charge is 0.135 e. The van der Waals surface area contributed by atoms with Gasteiger partial charge in [-0.15, -0.1) is 0 Å². The molecule has 0 radical (unpaired) electrons. The van der Waals surface area contributed by atoms with Crippen molar-refractivity contribution >= 4 is 0 Å². The number of aliphatic hydroxyl groups excluding tert-OH is 1. The molecule has 0 aliphatic heterocycles. The van der Waals surface area contributed by atoms with Crippen molar-refractivity contribution in [1.82, 2.24) is 0 Å². The number of halogens is 2. The molecule has 1 aromatic carbocycles. The fraction of sp³-hybridized carbons (Fsp3) is 0.250. The highest BCUT2D eigenvalue weighted by molar-refractivity contribution is 5.34. The summed E-state index contributed by atoms with van der Waals surface area (Å²) in [5.41, 5.74) is -0.0288. The summed E-state index contributed by atoms with van der Waals surface area (Å²) in [5, 5.41) is 8.68. The van der Waals surface area contributed by atoms with Crippen LogP contribution in [0.4, 0.5) is 8.78 Å². The molecule has 0 heterocycles. The monoisotopic (exact) mass is 174 g/mol. The zero-order valence-corrected chi connectivity index (χ0v) is 6.47. The van der Waals surface area contributed by atoms with Crippen LogP contribution < -0.4 is 4.74 Å². The SMILES string of the molecule is COc1cc(F)cc(F)c1CO. The number of benzene rings is 1. The van der Waals surface area contributed by atoms with Crippen molar-refractivity contribution in [3.63, 3.8) is 0 Å². The fourth-order valence-electron chi connectivity index (χ4n) is 0.915. The number of rotatable bonds is 2. The zero-order chi connectivity index (χ0) is 9.14. The first-order valence-corrected chi connectivity index (χ1v) is 3.31. The van der Waals surface area contributed by atoms with Gasteiger partial charge in [-0.2, -0.15) is 0 Å². The van der Waals surface area contributed by atoms with Gasteiger partial charge in [0.25, 0.3) is 0 Å². The molecule has 2 nitrogen and oxygen atoms in total. The van der Waals surface area contributed by atoms with Crippen LogP contribution >= 0.6 is 0 Å². The van der Waals surface area contributed by atoms with Gasteiger partial charge in [0, 0.05) is 12.1 Å². The Balaban J connectivity index is 3.24. The Labute approximate surface area is 68.4 Å². The summed E-state index contributed by atoms with van der Waals surface area (Å²) < 4.78 is 30.0. The van der Waals surface area contributed by atoms with Crippen LogP contribution in [-0.2, 0) is 6.61 Å². The van der Waals surface area contributed by atoms with E-state index < -0.39 is 18.2 Å². The molecular formula is C8H8F2O2. The molecule has 0 amide bonds. The number of hydrogen-bond donors (Lipinski definition) is 1. The summed E-state index contributed by atoms with van der Waals surface area (Å²) in [4.78, 5) is 0. The van der Waals surface area contributed by atoms with E-state index >= 15 is 0 Å². The van der Waals surface area contributed by atoms with Crippen LogP contribution in [0.3, 0.4) is 0 Å². The van der Waals surface area contributed by atoms with E-state index in [0.717, 1.165) is 6.07 Å². The summed E-state index contributed by atoms with van der Waals surface area (Å²) in [7, 11) is 1.29. The van der Waals surface area contributed by atoms with Gasteiger partial charge >= 0.3 is 0 Å². The Morgan fingerprint density at radius 2 is 2.08 bits per heavy atom. The Hall–Kier alpha value is -1.16. The maximum absolute atomic E-state index is 12.8. The van der Waals surface area contributed by atoms with Gasteiger partial charge in [-0.1, -0.05) is 0 Å². The summed E-state index contributed by atoms with van der Waals surface area (Å²) in [5.74, 6) is -1.49. The fourth-order valence-corrected chi connectivity index (χ4v) is 0.915. The molecule has 0 bridgehead atoms. The number of hydrogen-bond acceptors (Lipinski definition) is 2. The van der Waals surface area contributed by atoms with E-state index in [1.165, 1.54) is 7.11 Å². The van der Waals surface area contributed by atoms with Crippen molar-refractivity contribution in [3.8, 4) is 5.75 Å². The first kappa shape index (κ1) is 8.93. The minimum absolute atomic E-state index is 0.0231. The molecule has 1 N–H and O–H groups in total. The molecule has 0 aromatic heterocycles. The van der Waals surface area contributed by atoms with E-state index in [0.29, 0.717) is 6.07 Å². The predicted molar refractivity (Wildman–Crippen MR) is 38.8 cm³/mol. The lowest BCUT2D eigenvalue weighted by molar-refractivity contribution is 0.266. The molecule has 0 unspecified atom stereocenters. The van der Waals surface area contributed by atoms with Gasteiger partial charge in [-0.3, -0.25) is 0 Å². The highest BCUT2D eigenvalue weighted by atomic mass is 19.1. The minimum Gasteiger partial charge on any atom is -0.496 e. The topological polar surface area (TPSA) is 29.5 Å². The normalized spacial score (nSPS) is 10.0. The lowest BCUT2D eigenvalue weighted by Gasteiger charge is -2.06. The van der Waals surface area contributed by atoms with Crippen LogP contribution in [0.15, 0.2) is 12.1 Å². The molecule has 0 fully saturated rings. The maximum Gasteiger partial charge on any atom is 0.135 e. The second-order valence-corrected chi connectivity index (χ2v) is 2.23. The van der Waals surface area contributed by atoms with Crippen molar-refractivity contribution < 1.29 is 18.6 Å². The lowest BCUT2D eigenvalue weighted by Crippen LogP contribution is -1.97. The molecule has 66 valence electrons. The molecule has 0 saturated heterocycles. The molecule has 0 aliphatic rings. The number of ether oxygens (including phenoxy) is 1. The van der Waals surface area contributed by atoms with Gasteiger partial charge in [-0.25, -0.2) is 8.78 Å². The molecule has 1 rings (SSSR count). The van der Waals surface area contributed by atoms with Crippen LogP contribution in [0.2, 0.25) is 0 Å². The molecule has 0 atom stereocenters. The lowest BCUT2D eigenvalue weighted by atomic mass is 10.2. The zero-order valence-electron chi connectivity index (χ0n) is 6.47. The Morgan fingerprint density at radius 1 is 1.42 bits per heavy atom. The van der Waals surface area contributed by atoms with Crippen molar-refractivity contribution in [2.24, 2.45) is 0 Å². The highest BCUT2D eigenvalue weighted by Gasteiger charge is 2.10. The average Bonchev–Trinajstić information content (AvgIpc) is 2.03. The molecule has 12 heavy (non-hydrogen) atoms. The Bertz CT molecular complexity index is 287. The van der Waals surface area contributed by atoms with Crippen LogP contribution in [0.25, 0.3) is 0 Å². The van der Waals surface area contributed by atoms with Crippen molar-refractivity contribution in [3.05, 3.63) is 29.3 Å². The third-order valence-corrected chi connectivity index (χ3v) is 1.50. The van der Waals surface area contributed by atoms with Crippen LogP contribution in [0, 0.1) is 11.6 Å². The minimum atomic E-state index is -0.797. The summed E-state index contributed by atoms with van der Waals surface area (Å²) in [6.07, 6.45) is 0. The molecule has 4 heteroatoms. The van der Waals surface area contributed by atoms with E-state index in [-0.39, 0.29) is 11.3 Å². The third-order valence-electron chi connectivity index (χ3n) is 1.50. The van der Waals surface area contributed by atoms with Gasteiger partial charge < -0.3 is 9.84 Å². The van der Waals surface area contributed by atoms with E-state index in [1.807, 2.05) is 0 Å². The number of methoxy groups -OCH3 is 1. The average molecular weight is 174 g/mol. The first-order chi connectivity index (χ1) is 5.69. The standard InChI is InChI=1S/C8H8F2O2/c1-12-8-3-5(9)2-7(10)6(8)4-11/h2-3,11H,4H2,1H3. The maximum atomic E-state index is 12.8. The van der Waals surface area contributed by atoms with Gasteiger partial charge in [0.15, 0.2) is 0 Å². The molecular weight excluding hydrogens is 166 g/mol. The van der Waals surface area contributed by atoms with Gasteiger partial charge in [-0.05, 0) is 0 Å². The van der Waals surface area contributed by atoms with E-state index in [4.69, 9.17) is 5.11 Å². The van der Waals surface area contributed by atoms with E-state index in [1.54, 1.807) is 0 Å². The van der Waals surface area contributed by atoms with Crippen LogP contribution in [0.5, 0.6) is 5.75 Å². The Kier molecular flexibility index (Phi) is 2.60. The summed E-state index contributed by atoms with van der Waals surface area (Å²) in [6.45, 7) is -0.505. The summed E-state index contributed by atoms with van der Waals surface area (Å²) in [6, 6.07) is 1.72. The third kappa shape index (κ3) is 1.53. The molecule has 1 aromatic rings. The predicted octanol–water partition coefficient (Wildman–Crippen LogP) is 1.47. The second-order valence-electron chi connectivity index (χ2n) is 2.23. The van der Waals surface area contributed by atoms with Crippen LogP contribution in [0.1, 0.15) is 5.56 Å². The quantitative estimate of drug-likeness (QED) is 0.735. The van der Waals surface area contributed by atoms with E-state index in [9.17, 15) is 8.78 Å². The summed E-state index contributed by atoms with van der Waals surface area (Å²) >= 11 is 0. The largest absolute Gasteiger partial charge is 0.496 e. The molecule has 0 spiro atoms. The van der Waals surface area contributed by atoms with Crippen molar-refractivity contribution in [2.75, 3.05) is 7.11 Å². The molecule has 0 saturated carbocycles. The molecule has 0 aliphatic carbocycles. The van der Waals surface area contributed by atoms with Crippen molar-refractivity contribution in [2.45, 2.75) is 6.61 Å². The van der Waals surface area contributed by atoms with Gasteiger partial charge in [0.05, 0.1) is 19.3 Å². The van der Waals surface area contributed by atoms with Crippen molar-refractivity contribution in [1.29, 1.82) is 0 Å². The first-order valence-electron chi connectivity index (χ1n) is 3.31. The van der Waals surface area contributed by atoms with Gasteiger partial charge in [0.2, 0.25) is 0 Å². The van der Waals surface area contributed by atoms with Gasteiger partial charge in [0.1, 0.15) is 17.4 Å². The highest BCUT2D eigenvalue weighted by Crippen LogP contribution is 2.22. The van der Waals surface area contributed by atoms with E-state index in [2.05, 4.69) is 4.74 Å².